The van der Waals surface area contributed by atoms with Gasteiger partial charge in [0.2, 0.25) is 0 Å². The number of fused-ring (bicyclic) bond motifs is 2. The molecule has 28 heavy (non-hydrogen) atoms. The minimum absolute atomic E-state index is 0.265. The summed E-state index contributed by atoms with van der Waals surface area (Å²) in [5, 5.41) is 25.0. The monoisotopic (exact) mass is 418 g/mol. The van der Waals surface area contributed by atoms with Crippen LogP contribution in [-0.2, 0) is 23.1 Å². The van der Waals surface area contributed by atoms with Gasteiger partial charge in [-0.15, -0.1) is 32.9 Å². The van der Waals surface area contributed by atoms with Gasteiger partial charge in [0.05, 0.1) is 5.41 Å². The number of carboxylic acids is 1. The number of aromatic amines is 1. The van der Waals surface area contributed by atoms with Crippen LogP contribution in [0.4, 0.5) is 0 Å². The van der Waals surface area contributed by atoms with Crippen molar-refractivity contribution in [2.75, 3.05) is 0 Å². The van der Waals surface area contributed by atoms with Gasteiger partial charge in [0.25, 0.3) is 6.47 Å². The number of thiophene rings is 2. The van der Waals surface area contributed by atoms with Crippen molar-refractivity contribution in [1.29, 1.82) is 0 Å². The SMILES string of the molecule is CC(C)CC1(c2nn[nH]n2)c2cc(OC=O)sc2CCc2sc(C(=O)O)cc21. The van der Waals surface area contributed by atoms with E-state index in [0.29, 0.717) is 35.1 Å². The molecule has 0 amide bonds. The largest absolute Gasteiger partial charge is 0.477 e. The van der Waals surface area contributed by atoms with Crippen LogP contribution < -0.4 is 4.74 Å². The summed E-state index contributed by atoms with van der Waals surface area (Å²) in [4.78, 5) is 24.9. The van der Waals surface area contributed by atoms with E-state index in [1.165, 1.54) is 22.7 Å². The average Bonchev–Trinajstić information content (AvgIpc) is 3.37. The minimum Gasteiger partial charge on any atom is -0.477 e. The molecule has 0 radical (unpaired) electrons. The Morgan fingerprint density at radius 2 is 2.04 bits per heavy atom. The molecule has 1 unspecified atom stereocenters. The third kappa shape index (κ3) is 2.92. The van der Waals surface area contributed by atoms with Crippen LogP contribution in [-0.4, -0.2) is 38.2 Å². The lowest BCUT2D eigenvalue weighted by atomic mass is 9.69. The van der Waals surface area contributed by atoms with Crippen molar-refractivity contribution < 1.29 is 19.4 Å². The second kappa shape index (κ2) is 7.10. The maximum Gasteiger partial charge on any atom is 0.345 e. The quantitative estimate of drug-likeness (QED) is 0.591. The lowest BCUT2D eigenvalue weighted by Gasteiger charge is -2.32. The third-order valence-corrected chi connectivity index (χ3v) is 7.18. The van der Waals surface area contributed by atoms with Gasteiger partial charge in [-0.2, -0.15) is 5.21 Å². The first-order valence-electron chi connectivity index (χ1n) is 8.79. The Hall–Kier alpha value is -2.59. The first-order valence-corrected chi connectivity index (χ1v) is 10.4. The molecule has 3 aromatic heterocycles. The smallest absolute Gasteiger partial charge is 0.345 e. The van der Waals surface area contributed by atoms with Gasteiger partial charge in [-0.1, -0.05) is 19.1 Å². The number of ether oxygens (including phenoxy) is 1. The number of H-pyrrole nitrogens is 1. The number of carbonyl (C=O) groups is 2. The highest BCUT2D eigenvalue weighted by molar-refractivity contribution is 7.14. The standard InChI is InChI=1S/C18H18N4O4S2/c1-9(2)7-18(17-19-21-22-20-17)10-5-14(16(24)25)27-12(10)3-4-13-11(18)6-15(28-13)26-8-23/h5-6,8-9H,3-4,7H2,1-2H3,(H,24,25)(H,19,20,21,22). The zero-order valence-electron chi connectivity index (χ0n) is 15.3. The Morgan fingerprint density at radius 1 is 1.32 bits per heavy atom. The van der Waals surface area contributed by atoms with Gasteiger partial charge in [-0.3, -0.25) is 4.79 Å². The Labute approximate surface area is 168 Å². The molecular formula is C18H18N4O4S2. The molecule has 0 saturated heterocycles. The van der Waals surface area contributed by atoms with Crippen LogP contribution in [0.15, 0.2) is 12.1 Å². The molecule has 3 aromatic rings. The number of aryl methyl sites for hydroxylation is 2. The van der Waals surface area contributed by atoms with E-state index in [-0.39, 0.29) is 5.92 Å². The molecule has 10 heteroatoms. The van der Waals surface area contributed by atoms with Crippen LogP contribution in [0.3, 0.4) is 0 Å². The molecule has 0 aromatic carbocycles. The molecule has 0 spiro atoms. The van der Waals surface area contributed by atoms with E-state index in [0.717, 1.165) is 27.3 Å². The minimum atomic E-state index is -0.944. The molecule has 0 fully saturated rings. The van der Waals surface area contributed by atoms with E-state index in [4.69, 9.17) is 4.74 Å². The fourth-order valence-electron chi connectivity index (χ4n) is 4.02. The number of nitrogens with one attached hydrogen (secondary N) is 1. The van der Waals surface area contributed by atoms with Gasteiger partial charge in [-0.05, 0) is 48.4 Å². The van der Waals surface area contributed by atoms with E-state index in [1.807, 2.05) is 6.07 Å². The summed E-state index contributed by atoms with van der Waals surface area (Å²) >= 11 is 2.74. The summed E-state index contributed by atoms with van der Waals surface area (Å²) in [6, 6.07) is 3.61. The number of carboxylic acid groups (broad SMARTS) is 1. The topological polar surface area (TPSA) is 118 Å². The molecule has 8 nitrogen and oxygen atoms in total. The van der Waals surface area contributed by atoms with Crippen molar-refractivity contribution in [3.63, 3.8) is 0 Å². The lowest BCUT2D eigenvalue weighted by molar-refractivity contribution is -0.120. The van der Waals surface area contributed by atoms with Crippen LogP contribution in [0.2, 0.25) is 0 Å². The van der Waals surface area contributed by atoms with Crippen LogP contribution in [0, 0.1) is 5.92 Å². The number of nitrogens with zero attached hydrogens (tertiary/aromatic N) is 3. The first kappa shape index (κ1) is 18.8. The van der Waals surface area contributed by atoms with E-state index in [9.17, 15) is 14.7 Å². The highest BCUT2D eigenvalue weighted by Crippen LogP contribution is 2.52. The summed E-state index contributed by atoms with van der Waals surface area (Å²) in [7, 11) is 0. The average molecular weight is 419 g/mol. The molecule has 3 heterocycles. The van der Waals surface area contributed by atoms with Crippen molar-refractivity contribution in [2.24, 2.45) is 5.92 Å². The Bertz CT molecular complexity index is 1020. The normalized spacial score (nSPS) is 18.4. The third-order valence-electron chi connectivity index (χ3n) is 4.91. The highest BCUT2D eigenvalue weighted by Gasteiger charge is 2.47. The van der Waals surface area contributed by atoms with Gasteiger partial charge >= 0.3 is 5.97 Å². The van der Waals surface area contributed by atoms with Crippen molar-refractivity contribution in [3.8, 4) is 5.06 Å². The van der Waals surface area contributed by atoms with Crippen molar-refractivity contribution in [2.45, 2.75) is 38.5 Å². The molecule has 1 aliphatic rings. The number of hydrogen-bond donors (Lipinski definition) is 2. The van der Waals surface area contributed by atoms with E-state index >= 15 is 0 Å². The van der Waals surface area contributed by atoms with Gasteiger partial charge in [0.1, 0.15) is 4.88 Å². The number of carbonyl (C=O) groups excluding carboxylic acids is 1. The highest BCUT2D eigenvalue weighted by atomic mass is 32.1. The van der Waals surface area contributed by atoms with Gasteiger partial charge in [-0.25, -0.2) is 4.79 Å². The number of aromatic carboxylic acids is 1. The Balaban J connectivity index is 2.05. The fourth-order valence-corrected chi connectivity index (χ4v) is 6.15. The number of hydrogen-bond acceptors (Lipinski definition) is 8. The van der Waals surface area contributed by atoms with E-state index < -0.39 is 11.4 Å². The van der Waals surface area contributed by atoms with E-state index in [2.05, 4.69) is 34.5 Å². The molecule has 1 aliphatic carbocycles. The van der Waals surface area contributed by atoms with Gasteiger partial charge < -0.3 is 9.84 Å². The lowest BCUT2D eigenvalue weighted by Crippen LogP contribution is -2.33. The van der Waals surface area contributed by atoms with Crippen LogP contribution in [0.5, 0.6) is 5.06 Å². The Morgan fingerprint density at radius 3 is 2.64 bits per heavy atom. The first-order chi connectivity index (χ1) is 13.5. The number of aromatic nitrogens is 4. The predicted molar refractivity (Wildman–Crippen MR) is 103 cm³/mol. The molecular weight excluding hydrogens is 400 g/mol. The molecule has 1 atom stereocenters. The van der Waals surface area contributed by atoms with Crippen molar-refractivity contribution in [1.82, 2.24) is 20.6 Å². The van der Waals surface area contributed by atoms with Crippen LogP contribution >= 0.6 is 22.7 Å². The number of tetrazole rings is 1. The maximum absolute atomic E-state index is 11.7. The van der Waals surface area contributed by atoms with E-state index in [1.54, 1.807) is 6.07 Å². The molecule has 2 N–H and O–H groups in total. The summed E-state index contributed by atoms with van der Waals surface area (Å²) in [6.45, 7) is 4.62. The zero-order valence-corrected chi connectivity index (χ0v) is 16.9. The second-order valence-corrected chi connectivity index (χ2v) is 9.34. The summed E-state index contributed by atoms with van der Waals surface area (Å²) in [5.41, 5.74) is 1.10. The van der Waals surface area contributed by atoms with Crippen LogP contribution in [0.1, 0.15) is 56.6 Å². The predicted octanol–water partition coefficient (Wildman–Crippen LogP) is 3.04. The summed E-state index contributed by atoms with van der Waals surface area (Å²) in [6.07, 6.45) is 2.10. The molecule has 4 rings (SSSR count). The summed E-state index contributed by atoms with van der Waals surface area (Å²) in [5.74, 6) is -0.184. The van der Waals surface area contributed by atoms with Crippen molar-refractivity contribution in [3.05, 3.63) is 43.7 Å². The molecule has 0 bridgehead atoms. The fraction of sp³-hybridized carbons (Fsp3) is 0.389. The summed E-state index contributed by atoms with van der Waals surface area (Å²) < 4.78 is 5.13. The Kier molecular flexibility index (Phi) is 4.76. The second-order valence-electron chi connectivity index (χ2n) is 7.11. The van der Waals surface area contributed by atoms with Gasteiger partial charge in [0.15, 0.2) is 10.9 Å². The van der Waals surface area contributed by atoms with Gasteiger partial charge in [0, 0.05) is 9.75 Å². The molecule has 0 saturated carbocycles. The van der Waals surface area contributed by atoms with Crippen LogP contribution in [0.25, 0.3) is 0 Å². The molecule has 0 aliphatic heterocycles. The zero-order chi connectivity index (χ0) is 19.9. The maximum atomic E-state index is 11.7. The van der Waals surface area contributed by atoms with Crippen molar-refractivity contribution >= 4 is 35.1 Å². The molecule has 146 valence electrons. The number of rotatable bonds is 6.